The van der Waals surface area contributed by atoms with Gasteiger partial charge in [0.05, 0.1) is 19.8 Å². The maximum absolute atomic E-state index is 12.7. The number of carbonyl (C=O) groups is 2. The van der Waals surface area contributed by atoms with Gasteiger partial charge in [-0.25, -0.2) is 4.79 Å². The zero-order valence-corrected chi connectivity index (χ0v) is 13.1. The molecule has 0 saturated carbocycles. The van der Waals surface area contributed by atoms with Gasteiger partial charge in [0.25, 0.3) is 0 Å². The molecule has 1 aliphatic rings. The Hall–Kier alpha value is -2.15. The Kier molecular flexibility index (Phi) is 4.97. The monoisotopic (exact) mass is 307 g/mol. The van der Waals surface area contributed by atoms with E-state index in [0.717, 1.165) is 0 Å². The van der Waals surface area contributed by atoms with Crippen LogP contribution < -0.4 is 0 Å². The van der Waals surface area contributed by atoms with Gasteiger partial charge in [-0.1, -0.05) is 0 Å². The molecule has 1 aromatic heterocycles. The number of esters is 1. The van der Waals surface area contributed by atoms with Gasteiger partial charge >= 0.3 is 5.97 Å². The third kappa shape index (κ3) is 3.04. The average molecular weight is 307 g/mol. The molecule has 22 heavy (non-hydrogen) atoms. The van der Waals surface area contributed by atoms with Crippen molar-refractivity contribution >= 4 is 11.8 Å². The molecule has 1 N–H and O–H groups in total. The van der Waals surface area contributed by atoms with Gasteiger partial charge in [0.2, 0.25) is 5.78 Å². The molecule has 0 aromatic carbocycles. The van der Waals surface area contributed by atoms with Crippen LogP contribution in [0.25, 0.3) is 0 Å². The Balaban J connectivity index is 2.49. The fraction of sp³-hybridized carbons (Fsp3) is 0.533. The minimum absolute atomic E-state index is 0.147. The van der Waals surface area contributed by atoms with Crippen molar-refractivity contribution in [1.29, 1.82) is 0 Å². The lowest BCUT2D eigenvalue weighted by Crippen LogP contribution is -2.21. The minimum atomic E-state index is -0.525. The highest BCUT2D eigenvalue weighted by molar-refractivity contribution is 6.11. The number of ketones is 1. The van der Waals surface area contributed by atoms with Crippen molar-refractivity contribution in [2.75, 3.05) is 27.3 Å². The Morgan fingerprint density at radius 2 is 2.18 bits per heavy atom. The molecular formula is C15H21N3O4. The quantitative estimate of drug-likeness (QED) is 0.634. The van der Waals surface area contributed by atoms with Crippen molar-refractivity contribution in [2.24, 2.45) is 0 Å². The summed E-state index contributed by atoms with van der Waals surface area (Å²) in [4.78, 5) is 26.5. The molecule has 0 saturated heterocycles. The number of hydrogen-bond acceptors (Lipinski definition) is 6. The van der Waals surface area contributed by atoms with Crippen molar-refractivity contribution < 1.29 is 19.4 Å². The van der Waals surface area contributed by atoms with Crippen molar-refractivity contribution in [3.63, 3.8) is 0 Å². The summed E-state index contributed by atoms with van der Waals surface area (Å²) in [6.07, 6.45) is 2.90. The predicted octanol–water partition coefficient (Wildman–Crippen LogP) is 0.627. The molecule has 2 rings (SSSR count). The first-order chi connectivity index (χ1) is 10.5. The maximum Gasteiger partial charge on any atom is 0.359 e. The largest absolute Gasteiger partial charge is 0.461 e. The highest BCUT2D eigenvalue weighted by Crippen LogP contribution is 2.28. The second-order valence-corrected chi connectivity index (χ2v) is 5.29. The number of rotatable bonds is 5. The summed E-state index contributed by atoms with van der Waals surface area (Å²) in [5.41, 5.74) is 1.86. The molecule has 7 nitrogen and oxygen atoms in total. The van der Waals surface area contributed by atoms with Gasteiger partial charge in [-0.3, -0.25) is 9.48 Å². The van der Waals surface area contributed by atoms with Crippen molar-refractivity contribution in [3.05, 3.63) is 28.7 Å². The van der Waals surface area contributed by atoms with Crippen LogP contribution in [0.2, 0.25) is 0 Å². The summed E-state index contributed by atoms with van der Waals surface area (Å²) in [6, 6.07) is 0. The van der Waals surface area contributed by atoms with Crippen LogP contribution in [-0.4, -0.2) is 58.8 Å². The smallest absolute Gasteiger partial charge is 0.359 e. The summed E-state index contributed by atoms with van der Waals surface area (Å²) in [7, 11) is 3.70. The second kappa shape index (κ2) is 6.74. The summed E-state index contributed by atoms with van der Waals surface area (Å²) in [6.45, 7) is 1.98. The van der Waals surface area contributed by atoms with Crippen molar-refractivity contribution in [2.45, 2.75) is 26.3 Å². The molecule has 0 fully saturated rings. The van der Waals surface area contributed by atoms with Crippen LogP contribution in [0.4, 0.5) is 0 Å². The molecule has 7 heteroatoms. The SMILES string of the molecule is CCOC(=O)c1nn(CCO)c2c1CC/C(=C/N(C)C)C2=O. The Labute approximate surface area is 129 Å². The van der Waals surface area contributed by atoms with E-state index in [2.05, 4.69) is 5.10 Å². The lowest BCUT2D eigenvalue weighted by atomic mass is 9.90. The first kappa shape index (κ1) is 16.2. The fourth-order valence-corrected chi connectivity index (χ4v) is 2.57. The van der Waals surface area contributed by atoms with Gasteiger partial charge in [-0.2, -0.15) is 5.10 Å². The highest BCUT2D eigenvalue weighted by Gasteiger charge is 2.32. The molecule has 1 aromatic rings. The van der Waals surface area contributed by atoms with E-state index in [1.54, 1.807) is 13.1 Å². The zero-order chi connectivity index (χ0) is 16.3. The molecule has 0 spiro atoms. The molecule has 0 bridgehead atoms. The van der Waals surface area contributed by atoms with E-state index in [1.165, 1.54) is 4.68 Å². The van der Waals surface area contributed by atoms with E-state index in [4.69, 9.17) is 9.84 Å². The highest BCUT2D eigenvalue weighted by atomic mass is 16.5. The Morgan fingerprint density at radius 3 is 2.77 bits per heavy atom. The molecular weight excluding hydrogens is 286 g/mol. The molecule has 0 unspecified atom stereocenters. The van der Waals surface area contributed by atoms with Crippen LogP contribution in [0.15, 0.2) is 11.8 Å². The number of nitrogens with zero attached hydrogens (tertiary/aromatic N) is 3. The lowest BCUT2D eigenvalue weighted by Gasteiger charge is -2.18. The van der Waals surface area contributed by atoms with Gasteiger partial charge in [-0.15, -0.1) is 0 Å². The van der Waals surface area contributed by atoms with Gasteiger partial charge in [0.1, 0.15) is 5.69 Å². The van der Waals surface area contributed by atoms with Gasteiger partial charge in [0, 0.05) is 31.4 Å². The lowest BCUT2D eigenvalue weighted by molar-refractivity contribution is 0.0516. The number of fused-ring (bicyclic) bond motifs is 1. The van der Waals surface area contributed by atoms with E-state index in [1.807, 2.05) is 19.0 Å². The number of aliphatic hydroxyl groups is 1. The third-order valence-corrected chi connectivity index (χ3v) is 3.40. The fourth-order valence-electron chi connectivity index (χ4n) is 2.57. The summed E-state index contributed by atoms with van der Waals surface area (Å²) in [5, 5.41) is 13.3. The van der Waals surface area contributed by atoms with E-state index >= 15 is 0 Å². The number of aliphatic hydroxyl groups excluding tert-OH is 1. The van der Waals surface area contributed by atoms with Crippen LogP contribution in [0.1, 0.15) is 39.9 Å². The summed E-state index contributed by atoms with van der Waals surface area (Å²) < 4.78 is 6.41. The zero-order valence-electron chi connectivity index (χ0n) is 13.1. The first-order valence-corrected chi connectivity index (χ1v) is 7.29. The van der Waals surface area contributed by atoms with E-state index in [9.17, 15) is 9.59 Å². The normalized spacial score (nSPS) is 15.8. The molecule has 0 radical (unpaired) electrons. The van der Waals surface area contributed by atoms with Crippen LogP contribution in [0.5, 0.6) is 0 Å². The molecule has 0 amide bonds. The number of ether oxygens (including phenoxy) is 1. The molecule has 1 aliphatic carbocycles. The van der Waals surface area contributed by atoms with E-state index < -0.39 is 5.97 Å². The summed E-state index contributed by atoms with van der Waals surface area (Å²) >= 11 is 0. The predicted molar refractivity (Wildman–Crippen MR) is 79.7 cm³/mol. The van der Waals surface area contributed by atoms with Gasteiger partial charge in [-0.05, 0) is 19.8 Å². The number of hydrogen-bond donors (Lipinski definition) is 1. The van der Waals surface area contributed by atoms with Crippen LogP contribution in [0.3, 0.4) is 0 Å². The van der Waals surface area contributed by atoms with Crippen LogP contribution >= 0.6 is 0 Å². The van der Waals surface area contributed by atoms with Crippen LogP contribution in [0, 0.1) is 0 Å². The van der Waals surface area contributed by atoms with Crippen molar-refractivity contribution in [1.82, 2.24) is 14.7 Å². The number of carbonyl (C=O) groups excluding carboxylic acids is 2. The second-order valence-electron chi connectivity index (χ2n) is 5.29. The van der Waals surface area contributed by atoms with E-state index in [-0.39, 0.29) is 31.2 Å². The maximum atomic E-state index is 12.7. The number of Topliss-reactive ketones (excluding diaryl/α,β-unsaturated/α-hetero) is 1. The minimum Gasteiger partial charge on any atom is -0.461 e. The first-order valence-electron chi connectivity index (χ1n) is 7.29. The molecule has 120 valence electrons. The van der Waals surface area contributed by atoms with E-state index in [0.29, 0.717) is 29.7 Å². The van der Waals surface area contributed by atoms with Crippen molar-refractivity contribution in [3.8, 4) is 0 Å². The molecule has 0 atom stereocenters. The average Bonchev–Trinajstić information content (AvgIpc) is 2.82. The van der Waals surface area contributed by atoms with Gasteiger partial charge < -0.3 is 14.7 Å². The number of allylic oxidation sites excluding steroid dienone is 1. The Bertz CT molecular complexity index is 617. The molecule has 1 heterocycles. The Morgan fingerprint density at radius 1 is 1.45 bits per heavy atom. The molecule has 0 aliphatic heterocycles. The standard InChI is InChI=1S/C15H21N3O4/c1-4-22-15(21)12-11-6-5-10(9-17(2)3)14(20)13(11)18(16-12)7-8-19/h9,19H,4-8H2,1-3H3/b10-9-. The number of aromatic nitrogens is 2. The van der Waals surface area contributed by atoms with Crippen LogP contribution in [-0.2, 0) is 17.7 Å². The summed E-state index contributed by atoms with van der Waals surface area (Å²) in [5.74, 6) is -0.672. The third-order valence-electron chi connectivity index (χ3n) is 3.40. The van der Waals surface area contributed by atoms with Gasteiger partial charge in [0.15, 0.2) is 5.69 Å². The topological polar surface area (TPSA) is 84.7 Å².